The van der Waals surface area contributed by atoms with Gasteiger partial charge in [0.1, 0.15) is 0 Å². The standard InChI is InChI=1S/C13H19BrClNO/c1-10(2)16(6-7-17-3)13-5-4-11(9-14)8-12(13)15/h4-5,8,10H,6-7,9H2,1-3H3. The zero-order chi connectivity index (χ0) is 12.8. The van der Waals surface area contributed by atoms with E-state index in [9.17, 15) is 0 Å². The van der Waals surface area contributed by atoms with Gasteiger partial charge in [0.05, 0.1) is 17.3 Å². The highest BCUT2D eigenvalue weighted by Crippen LogP contribution is 2.28. The van der Waals surface area contributed by atoms with Gasteiger partial charge < -0.3 is 9.64 Å². The molecule has 0 unspecified atom stereocenters. The van der Waals surface area contributed by atoms with Gasteiger partial charge in [-0.25, -0.2) is 0 Å². The molecule has 0 aliphatic carbocycles. The number of methoxy groups -OCH3 is 1. The summed E-state index contributed by atoms with van der Waals surface area (Å²) in [5.74, 6) is 0. The average molecular weight is 321 g/mol. The highest BCUT2D eigenvalue weighted by Gasteiger charge is 2.13. The second-order valence-corrected chi connectivity index (χ2v) is 5.17. The zero-order valence-electron chi connectivity index (χ0n) is 10.5. The van der Waals surface area contributed by atoms with Crippen LogP contribution in [0.5, 0.6) is 0 Å². The number of alkyl halides is 1. The van der Waals surface area contributed by atoms with E-state index in [1.807, 2.05) is 6.07 Å². The van der Waals surface area contributed by atoms with Gasteiger partial charge in [-0.05, 0) is 31.5 Å². The van der Waals surface area contributed by atoms with Crippen molar-refractivity contribution in [2.24, 2.45) is 0 Å². The van der Waals surface area contributed by atoms with Gasteiger partial charge in [0, 0.05) is 25.0 Å². The van der Waals surface area contributed by atoms with Crippen molar-refractivity contribution in [2.45, 2.75) is 25.2 Å². The van der Waals surface area contributed by atoms with Gasteiger partial charge in [-0.1, -0.05) is 33.6 Å². The molecule has 0 amide bonds. The number of hydrogen-bond acceptors (Lipinski definition) is 2. The fraction of sp³-hybridized carbons (Fsp3) is 0.538. The molecule has 17 heavy (non-hydrogen) atoms. The third-order valence-corrected chi connectivity index (χ3v) is 3.59. The number of halogens is 2. The van der Waals surface area contributed by atoms with Crippen molar-refractivity contribution in [1.82, 2.24) is 0 Å². The molecule has 0 aliphatic heterocycles. The molecular weight excluding hydrogens is 302 g/mol. The van der Waals surface area contributed by atoms with Crippen LogP contribution in [0.3, 0.4) is 0 Å². The maximum absolute atomic E-state index is 6.32. The lowest BCUT2D eigenvalue weighted by Crippen LogP contribution is -2.34. The number of nitrogens with zero attached hydrogens (tertiary/aromatic N) is 1. The normalized spacial score (nSPS) is 10.9. The van der Waals surface area contributed by atoms with E-state index in [1.165, 1.54) is 5.56 Å². The molecule has 2 nitrogen and oxygen atoms in total. The Balaban J connectivity index is 2.93. The first-order valence-electron chi connectivity index (χ1n) is 5.70. The number of anilines is 1. The summed E-state index contributed by atoms with van der Waals surface area (Å²) in [6, 6.07) is 6.58. The Morgan fingerprint density at radius 3 is 2.59 bits per heavy atom. The Hall–Kier alpha value is -0.250. The van der Waals surface area contributed by atoms with Crippen molar-refractivity contribution in [2.75, 3.05) is 25.2 Å². The van der Waals surface area contributed by atoms with E-state index in [0.29, 0.717) is 12.6 Å². The minimum atomic E-state index is 0.400. The third-order valence-electron chi connectivity index (χ3n) is 2.64. The van der Waals surface area contributed by atoms with Crippen LogP contribution < -0.4 is 4.90 Å². The lowest BCUT2D eigenvalue weighted by Gasteiger charge is -2.29. The fourth-order valence-electron chi connectivity index (χ4n) is 1.71. The first-order valence-corrected chi connectivity index (χ1v) is 7.20. The molecule has 0 radical (unpaired) electrons. The molecule has 4 heteroatoms. The topological polar surface area (TPSA) is 12.5 Å². The maximum atomic E-state index is 6.32. The van der Waals surface area contributed by atoms with E-state index in [1.54, 1.807) is 7.11 Å². The predicted octanol–water partition coefficient (Wildman–Crippen LogP) is 4.10. The monoisotopic (exact) mass is 319 g/mol. The van der Waals surface area contributed by atoms with Gasteiger partial charge in [-0.3, -0.25) is 0 Å². The van der Waals surface area contributed by atoms with Crippen LogP contribution in [0.4, 0.5) is 5.69 Å². The lowest BCUT2D eigenvalue weighted by atomic mass is 10.2. The van der Waals surface area contributed by atoms with Crippen LogP contribution in [-0.4, -0.2) is 26.3 Å². The van der Waals surface area contributed by atoms with E-state index >= 15 is 0 Å². The summed E-state index contributed by atoms with van der Waals surface area (Å²) in [6.45, 7) is 5.87. The molecule has 0 saturated carbocycles. The molecule has 0 saturated heterocycles. The van der Waals surface area contributed by atoms with Crippen molar-refractivity contribution in [3.8, 4) is 0 Å². The molecule has 1 rings (SSSR count). The number of benzene rings is 1. The summed E-state index contributed by atoms with van der Waals surface area (Å²) in [5.41, 5.74) is 2.26. The summed E-state index contributed by atoms with van der Waals surface area (Å²) in [6.07, 6.45) is 0. The first kappa shape index (κ1) is 14.8. The Morgan fingerprint density at radius 2 is 2.12 bits per heavy atom. The molecule has 96 valence electrons. The van der Waals surface area contributed by atoms with E-state index in [4.69, 9.17) is 16.3 Å². The van der Waals surface area contributed by atoms with Crippen molar-refractivity contribution < 1.29 is 4.74 Å². The largest absolute Gasteiger partial charge is 0.383 e. The average Bonchev–Trinajstić information content (AvgIpc) is 2.30. The van der Waals surface area contributed by atoms with Crippen LogP contribution in [-0.2, 0) is 10.1 Å². The minimum Gasteiger partial charge on any atom is -0.383 e. The highest BCUT2D eigenvalue weighted by molar-refractivity contribution is 9.08. The molecule has 0 bridgehead atoms. The molecule has 0 aliphatic rings. The Bertz CT molecular complexity index is 357. The highest BCUT2D eigenvalue weighted by atomic mass is 79.9. The first-order chi connectivity index (χ1) is 8.10. The van der Waals surface area contributed by atoms with Crippen molar-refractivity contribution >= 4 is 33.2 Å². The van der Waals surface area contributed by atoms with Crippen molar-refractivity contribution in [3.05, 3.63) is 28.8 Å². The predicted molar refractivity (Wildman–Crippen MR) is 78.4 cm³/mol. The maximum Gasteiger partial charge on any atom is 0.0642 e. The molecular formula is C13H19BrClNO. The van der Waals surface area contributed by atoms with Crippen LogP contribution in [0.25, 0.3) is 0 Å². The van der Waals surface area contributed by atoms with Crippen LogP contribution in [0.1, 0.15) is 19.4 Å². The van der Waals surface area contributed by atoms with Crippen molar-refractivity contribution in [1.29, 1.82) is 0 Å². The summed E-state index contributed by atoms with van der Waals surface area (Å²) >= 11 is 9.75. The van der Waals surface area contributed by atoms with Gasteiger partial charge in [0.25, 0.3) is 0 Å². The van der Waals surface area contributed by atoms with Crippen LogP contribution in [0.2, 0.25) is 5.02 Å². The van der Waals surface area contributed by atoms with Crippen molar-refractivity contribution in [3.63, 3.8) is 0 Å². The molecule has 0 fully saturated rings. The van der Waals surface area contributed by atoms with Gasteiger partial charge >= 0.3 is 0 Å². The van der Waals surface area contributed by atoms with E-state index in [-0.39, 0.29) is 0 Å². The summed E-state index contributed by atoms with van der Waals surface area (Å²) < 4.78 is 5.14. The molecule has 0 heterocycles. The second-order valence-electron chi connectivity index (χ2n) is 4.20. The Labute approximate surface area is 117 Å². The van der Waals surface area contributed by atoms with Crippen LogP contribution >= 0.6 is 27.5 Å². The van der Waals surface area contributed by atoms with Gasteiger partial charge in [0.15, 0.2) is 0 Å². The Kier molecular flexibility index (Phi) is 6.31. The molecule has 0 N–H and O–H groups in total. The van der Waals surface area contributed by atoms with Gasteiger partial charge in [0.2, 0.25) is 0 Å². The summed E-state index contributed by atoms with van der Waals surface area (Å²) in [5, 5.41) is 1.62. The molecule has 1 aromatic rings. The van der Waals surface area contributed by atoms with E-state index in [0.717, 1.165) is 22.6 Å². The smallest absolute Gasteiger partial charge is 0.0642 e. The lowest BCUT2D eigenvalue weighted by molar-refractivity contribution is 0.204. The molecule has 0 aromatic heterocycles. The second kappa shape index (κ2) is 7.24. The molecule has 1 aromatic carbocycles. The number of hydrogen-bond donors (Lipinski definition) is 0. The van der Waals surface area contributed by atoms with E-state index < -0.39 is 0 Å². The zero-order valence-corrected chi connectivity index (χ0v) is 12.9. The number of rotatable bonds is 6. The van der Waals surface area contributed by atoms with Crippen LogP contribution in [0, 0.1) is 0 Å². The minimum absolute atomic E-state index is 0.400. The Morgan fingerprint density at radius 1 is 1.41 bits per heavy atom. The summed E-state index contributed by atoms with van der Waals surface area (Å²) in [7, 11) is 1.72. The van der Waals surface area contributed by atoms with E-state index in [2.05, 4.69) is 46.8 Å². The molecule has 0 atom stereocenters. The number of ether oxygens (including phenoxy) is 1. The fourth-order valence-corrected chi connectivity index (χ4v) is 2.37. The van der Waals surface area contributed by atoms with Gasteiger partial charge in [-0.15, -0.1) is 0 Å². The summed E-state index contributed by atoms with van der Waals surface area (Å²) in [4.78, 5) is 2.25. The SMILES string of the molecule is COCCN(c1ccc(CBr)cc1Cl)C(C)C. The van der Waals surface area contributed by atoms with Crippen LogP contribution in [0.15, 0.2) is 18.2 Å². The third kappa shape index (κ3) is 4.16. The quantitative estimate of drug-likeness (QED) is 0.732. The molecule has 0 spiro atoms. The van der Waals surface area contributed by atoms with Gasteiger partial charge in [-0.2, -0.15) is 0 Å².